The maximum Gasteiger partial charge on any atom is 0.164 e. The fourth-order valence-electron chi connectivity index (χ4n) is 3.96. The molecule has 1 saturated carbocycles. The van der Waals surface area contributed by atoms with E-state index in [1.165, 1.54) is 50.5 Å². The lowest BCUT2D eigenvalue weighted by Gasteiger charge is -2.24. The van der Waals surface area contributed by atoms with Crippen LogP contribution >= 0.6 is 0 Å². The average molecular weight is 341 g/mol. The standard InChI is InChI=1S/C21H31N3O/c1-17(14-18-8-4-3-5-9-18)12-13-19-10-6-7-11-20(19)25-15-21-22-16-23-24(21)2/h6-7,10-11,16-18H,3-5,8-9,12-15H2,1-2H3. The highest BCUT2D eigenvalue weighted by atomic mass is 16.5. The number of para-hydroxylation sites is 1. The zero-order valence-corrected chi connectivity index (χ0v) is 15.7. The first-order valence-electron chi connectivity index (χ1n) is 9.76. The van der Waals surface area contributed by atoms with E-state index in [-0.39, 0.29) is 0 Å². The topological polar surface area (TPSA) is 39.9 Å². The Kier molecular flexibility index (Phi) is 6.48. The molecule has 0 radical (unpaired) electrons. The Morgan fingerprint density at radius 1 is 1.20 bits per heavy atom. The molecule has 25 heavy (non-hydrogen) atoms. The van der Waals surface area contributed by atoms with Crippen LogP contribution in [0.3, 0.4) is 0 Å². The Morgan fingerprint density at radius 3 is 2.76 bits per heavy atom. The summed E-state index contributed by atoms with van der Waals surface area (Å²) in [7, 11) is 1.89. The van der Waals surface area contributed by atoms with Gasteiger partial charge in [0, 0.05) is 7.05 Å². The minimum absolute atomic E-state index is 0.463. The third-order valence-electron chi connectivity index (χ3n) is 5.50. The van der Waals surface area contributed by atoms with Crippen LogP contribution in [-0.4, -0.2) is 14.8 Å². The molecule has 0 bridgehead atoms. The predicted molar refractivity (Wildman–Crippen MR) is 100 cm³/mol. The lowest BCUT2D eigenvalue weighted by molar-refractivity contribution is 0.280. The van der Waals surface area contributed by atoms with Crippen molar-refractivity contribution in [2.24, 2.45) is 18.9 Å². The van der Waals surface area contributed by atoms with Gasteiger partial charge in [0.05, 0.1) is 0 Å². The Hall–Kier alpha value is -1.84. The molecule has 1 aliphatic carbocycles. The number of benzene rings is 1. The molecule has 1 aromatic heterocycles. The van der Waals surface area contributed by atoms with Crippen LogP contribution in [-0.2, 0) is 20.1 Å². The van der Waals surface area contributed by atoms with Gasteiger partial charge in [-0.1, -0.05) is 57.2 Å². The highest BCUT2D eigenvalue weighted by Gasteiger charge is 2.17. The second-order valence-corrected chi connectivity index (χ2v) is 7.58. The van der Waals surface area contributed by atoms with Crippen molar-refractivity contribution < 1.29 is 4.74 Å². The Labute approximate surface area is 151 Å². The van der Waals surface area contributed by atoms with Crippen LogP contribution in [0.15, 0.2) is 30.6 Å². The third-order valence-corrected chi connectivity index (χ3v) is 5.50. The van der Waals surface area contributed by atoms with E-state index >= 15 is 0 Å². The number of aromatic nitrogens is 3. The Balaban J connectivity index is 1.50. The molecule has 1 atom stereocenters. The molecular formula is C21H31N3O. The fourth-order valence-corrected chi connectivity index (χ4v) is 3.96. The van der Waals surface area contributed by atoms with Crippen molar-refractivity contribution >= 4 is 0 Å². The first kappa shape index (κ1) is 18.0. The maximum atomic E-state index is 6.02. The van der Waals surface area contributed by atoms with Gasteiger partial charge in [0.25, 0.3) is 0 Å². The van der Waals surface area contributed by atoms with Crippen molar-refractivity contribution in [1.29, 1.82) is 0 Å². The van der Waals surface area contributed by atoms with E-state index in [2.05, 4.69) is 35.2 Å². The summed E-state index contributed by atoms with van der Waals surface area (Å²) in [6.07, 6.45) is 12.5. The molecule has 0 spiro atoms. The first-order valence-corrected chi connectivity index (χ1v) is 9.76. The SMILES string of the molecule is CC(CCc1ccccc1OCc1ncnn1C)CC1CCCCC1. The second-order valence-electron chi connectivity index (χ2n) is 7.58. The van der Waals surface area contributed by atoms with E-state index in [1.807, 2.05) is 13.1 Å². The zero-order valence-electron chi connectivity index (χ0n) is 15.7. The minimum Gasteiger partial charge on any atom is -0.485 e. The molecular weight excluding hydrogens is 310 g/mol. The van der Waals surface area contributed by atoms with Crippen molar-refractivity contribution in [3.05, 3.63) is 42.0 Å². The van der Waals surface area contributed by atoms with Crippen LogP contribution in [0.4, 0.5) is 0 Å². The van der Waals surface area contributed by atoms with Gasteiger partial charge in [-0.25, -0.2) is 4.98 Å². The summed E-state index contributed by atoms with van der Waals surface area (Å²) in [4.78, 5) is 4.23. The summed E-state index contributed by atoms with van der Waals surface area (Å²) in [5.74, 6) is 3.58. The van der Waals surface area contributed by atoms with Crippen LogP contribution in [0.2, 0.25) is 0 Å². The summed E-state index contributed by atoms with van der Waals surface area (Å²) in [5.41, 5.74) is 1.31. The third kappa shape index (κ3) is 5.32. The van der Waals surface area contributed by atoms with Gasteiger partial charge in [0.2, 0.25) is 0 Å². The molecule has 0 amide bonds. The molecule has 1 aliphatic rings. The highest BCUT2D eigenvalue weighted by Crippen LogP contribution is 2.31. The van der Waals surface area contributed by atoms with E-state index in [1.54, 1.807) is 11.0 Å². The van der Waals surface area contributed by atoms with Crippen molar-refractivity contribution in [2.75, 3.05) is 0 Å². The highest BCUT2D eigenvalue weighted by molar-refractivity contribution is 5.33. The van der Waals surface area contributed by atoms with E-state index in [0.29, 0.717) is 6.61 Å². The molecule has 1 fully saturated rings. The number of nitrogens with zero attached hydrogens (tertiary/aromatic N) is 3. The molecule has 3 rings (SSSR count). The van der Waals surface area contributed by atoms with E-state index in [4.69, 9.17) is 4.74 Å². The van der Waals surface area contributed by atoms with Crippen LogP contribution in [0, 0.1) is 11.8 Å². The average Bonchev–Trinajstić information content (AvgIpc) is 3.05. The molecule has 0 N–H and O–H groups in total. The molecule has 0 aliphatic heterocycles. The molecule has 2 aromatic rings. The summed E-state index contributed by atoms with van der Waals surface area (Å²) in [6, 6.07) is 8.41. The van der Waals surface area contributed by atoms with Crippen LogP contribution < -0.4 is 4.74 Å². The van der Waals surface area contributed by atoms with Gasteiger partial charge in [-0.15, -0.1) is 0 Å². The normalized spacial score (nSPS) is 16.7. The molecule has 1 heterocycles. The smallest absolute Gasteiger partial charge is 0.164 e. The first-order chi connectivity index (χ1) is 12.2. The van der Waals surface area contributed by atoms with Gasteiger partial charge >= 0.3 is 0 Å². The number of hydrogen-bond donors (Lipinski definition) is 0. The van der Waals surface area contributed by atoms with Crippen LogP contribution in [0.25, 0.3) is 0 Å². The van der Waals surface area contributed by atoms with E-state index < -0.39 is 0 Å². The number of ether oxygens (including phenoxy) is 1. The van der Waals surface area contributed by atoms with Gasteiger partial charge in [0.15, 0.2) is 5.82 Å². The van der Waals surface area contributed by atoms with Crippen molar-refractivity contribution in [3.8, 4) is 5.75 Å². The summed E-state index contributed by atoms with van der Waals surface area (Å²) in [5, 5.41) is 4.09. The lowest BCUT2D eigenvalue weighted by Crippen LogP contribution is -2.11. The van der Waals surface area contributed by atoms with Crippen molar-refractivity contribution in [1.82, 2.24) is 14.8 Å². The van der Waals surface area contributed by atoms with Gasteiger partial charge in [-0.2, -0.15) is 5.10 Å². The molecule has 4 nitrogen and oxygen atoms in total. The maximum absolute atomic E-state index is 6.02. The second kappa shape index (κ2) is 9.02. The largest absolute Gasteiger partial charge is 0.485 e. The molecule has 1 aromatic carbocycles. The summed E-state index contributed by atoms with van der Waals surface area (Å²) < 4.78 is 7.78. The molecule has 1 unspecified atom stereocenters. The number of rotatable bonds is 8. The molecule has 136 valence electrons. The van der Waals surface area contributed by atoms with Gasteiger partial charge in [-0.05, 0) is 42.7 Å². The monoisotopic (exact) mass is 341 g/mol. The van der Waals surface area contributed by atoms with Gasteiger partial charge in [0.1, 0.15) is 18.7 Å². The van der Waals surface area contributed by atoms with E-state index in [9.17, 15) is 0 Å². The summed E-state index contributed by atoms with van der Waals surface area (Å²) in [6.45, 7) is 2.88. The minimum atomic E-state index is 0.463. The Bertz CT molecular complexity index is 646. The fraction of sp³-hybridized carbons (Fsp3) is 0.619. The Morgan fingerprint density at radius 2 is 2.00 bits per heavy atom. The molecule has 4 heteroatoms. The number of hydrogen-bond acceptors (Lipinski definition) is 3. The van der Waals surface area contributed by atoms with Crippen molar-refractivity contribution in [2.45, 2.75) is 64.9 Å². The quantitative estimate of drug-likeness (QED) is 0.683. The predicted octanol–water partition coefficient (Wildman–Crippen LogP) is 4.93. The summed E-state index contributed by atoms with van der Waals surface area (Å²) >= 11 is 0. The lowest BCUT2D eigenvalue weighted by atomic mass is 9.82. The van der Waals surface area contributed by atoms with Gasteiger partial charge < -0.3 is 4.74 Å². The van der Waals surface area contributed by atoms with Crippen LogP contribution in [0.1, 0.15) is 63.3 Å². The van der Waals surface area contributed by atoms with Crippen molar-refractivity contribution in [3.63, 3.8) is 0 Å². The number of aryl methyl sites for hydroxylation is 2. The van der Waals surface area contributed by atoms with Crippen LogP contribution in [0.5, 0.6) is 5.75 Å². The zero-order chi connectivity index (χ0) is 17.5. The van der Waals surface area contributed by atoms with E-state index in [0.717, 1.165) is 29.8 Å². The van der Waals surface area contributed by atoms with Gasteiger partial charge in [-0.3, -0.25) is 4.68 Å². The molecule has 0 saturated heterocycles.